The predicted octanol–water partition coefficient (Wildman–Crippen LogP) is 0.422. The van der Waals surface area contributed by atoms with Crippen molar-refractivity contribution in [2.24, 2.45) is 11.7 Å². The Morgan fingerprint density at radius 3 is 2.50 bits per heavy atom. The van der Waals surface area contributed by atoms with Gasteiger partial charge in [0.25, 0.3) is 6.47 Å². The molecule has 0 aliphatic rings. The molecule has 0 aromatic rings. The first-order chi connectivity index (χ1) is 6.52. The van der Waals surface area contributed by atoms with Crippen LogP contribution in [0.2, 0.25) is 0 Å². The van der Waals surface area contributed by atoms with Gasteiger partial charge in [0.1, 0.15) is 6.04 Å². The fourth-order valence-electron chi connectivity index (χ4n) is 0.834. The molecule has 0 bridgehead atoms. The SMILES string of the molecule is CC[C@H](C)[C@H](N)C(=O)O[C@@H](C)OC=O. The minimum atomic E-state index is -0.880. The molecule has 0 rings (SSSR count). The average molecular weight is 203 g/mol. The second-order valence-electron chi connectivity index (χ2n) is 3.15. The highest BCUT2D eigenvalue weighted by Crippen LogP contribution is 2.07. The zero-order chi connectivity index (χ0) is 11.1. The van der Waals surface area contributed by atoms with E-state index in [2.05, 4.69) is 4.74 Å². The van der Waals surface area contributed by atoms with E-state index in [0.717, 1.165) is 6.42 Å². The Morgan fingerprint density at radius 2 is 2.07 bits per heavy atom. The van der Waals surface area contributed by atoms with E-state index in [4.69, 9.17) is 10.5 Å². The van der Waals surface area contributed by atoms with Crippen molar-refractivity contribution in [2.45, 2.75) is 39.5 Å². The predicted molar refractivity (Wildman–Crippen MR) is 50.1 cm³/mol. The van der Waals surface area contributed by atoms with Gasteiger partial charge in [-0.2, -0.15) is 0 Å². The summed E-state index contributed by atoms with van der Waals surface area (Å²) in [6, 6.07) is -0.669. The summed E-state index contributed by atoms with van der Waals surface area (Å²) >= 11 is 0. The molecule has 5 nitrogen and oxygen atoms in total. The summed E-state index contributed by atoms with van der Waals surface area (Å²) < 4.78 is 9.15. The van der Waals surface area contributed by atoms with E-state index in [-0.39, 0.29) is 12.4 Å². The van der Waals surface area contributed by atoms with Crippen LogP contribution < -0.4 is 5.73 Å². The molecule has 5 heteroatoms. The molecule has 0 spiro atoms. The van der Waals surface area contributed by atoms with Crippen molar-refractivity contribution >= 4 is 12.4 Å². The van der Waals surface area contributed by atoms with Crippen molar-refractivity contribution < 1.29 is 19.1 Å². The molecule has 0 heterocycles. The smallest absolute Gasteiger partial charge is 0.326 e. The van der Waals surface area contributed by atoms with Crippen LogP contribution in [0.1, 0.15) is 27.2 Å². The summed E-state index contributed by atoms with van der Waals surface area (Å²) in [4.78, 5) is 21.2. The van der Waals surface area contributed by atoms with E-state index in [9.17, 15) is 9.59 Å². The first kappa shape index (κ1) is 12.9. The molecule has 3 atom stereocenters. The summed E-state index contributed by atoms with van der Waals surface area (Å²) in [5.74, 6) is -0.500. The Labute approximate surface area is 83.5 Å². The second-order valence-corrected chi connectivity index (χ2v) is 3.15. The lowest BCUT2D eigenvalue weighted by Gasteiger charge is -2.18. The van der Waals surface area contributed by atoms with Gasteiger partial charge in [-0.05, 0) is 5.92 Å². The van der Waals surface area contributed by atoms with Gasteiger partial charge in [-0.15, -0.1) is 0 Å². The highest BCUT2D eigenvalue weighted by Gasteiger charge is 2.22. The van der Waals surface area contributed by atoms with Gasteiger partial charge in [-0.25, -0.2) is 0 Å². The number of nitrogens with two attached hydrogens (primary N) is 1. The first-order valence-corrected chi connectivity index (χ1v) is 4.58. The molecule has 0 aromatic heterocycles. The van der Waals surface area contributed by atoms with Crippen LogP contribution in [-0.2, 0) is 19.1 Å². The topological polar surface area (TPSA) is 78.6 Å². The lowest BCUT2D eigenvalue weighted by atomic mass is 10.0. The van der Waals surface area contributed by atoms with Crippen LogP contribution in [-0.4, -0.2) is 24.8 Å². The third kappa shape index (κ3) is 4.23. The molecule has 0 radical (unpaired) electrons. The zero-order valence-corrected chi connectivity index (χ0v) is 8.73. The number of esters is 1. The zero-order valence-electron chi connectivity index (χ0n) is 8.73. The Kier molecular flexibility index (Phi) is 5.87. The molecule has 0 saturated carbocycles. The highest BCUT2D eigenvalue weighted by atomic mass is 16.7. The normalized spacial score (nSPS) is 16.6. The van der Waals surface area contributed by atoms with E-state index in [1.54, 1.807) is 0 Å². The number of carbonyl (C=O) groups excluding carboxylic acids is 2. The van der Waals surface area contributed by atoms with E-state index in [0.29, 0.717) is 0 Å². The van der Waals surface area contributed by atoms with E-state index in [1.807, 2.05) is 13.8 Å². The van der Waals surface area contributed by atoms with Crippen molar-refractivity contribution in [2.75, 3.05) is 0 Å². The lowest BCUT2D eigenvalue weighted by Crippen LogP contribution is -2.39. The highest BCUT2D eigenvalue weighted by molar-refractivity contribution is 5.75. The van der Waals surface area contributed by atoms with Crippen molar-refractivity contribution in [1.29, 1.82) is 0 Å². The minimum Gasteiger partial charge on any atom is -0.428 e. The largest absolute Gasteiger partial charge is 0.428 e. The molecule has 0 fully saturated rings. The molecular formula is C9H17NO4. The van der Waals surface area contributed by atoms with E-state index < -0.39 is 18.3 Å². The molecule has 0 aliphatic carbocycles. The average Bonchev–Trinajstić information content (AvgIpc) is 2.15. The minimum absolute atomic E-state index is 0.0472. The van der Waals surface area contributed by atoms with Gasteiger partial charge in [0.05, 0.1) is 0 Å². The number of carbonyl (C=O) groups is 2. The molecule has 82 valence electrons. The molecule has 0 aromatic carbocycles. The van der Waals surface area contributed by atoms with Crippen molar-refractivity contribution in [3.8, 4) is 0 Å². The van der Waals surface area contributed by atoms with Crippen molar-refractivity contribution in [3.05, 3.63) is 0 Å². The van der Waals surface area contributed by atoms with Gasteiger partial charge >= 0.3 is 5.97 Å². The van der Waals surface area contributed by atoms with Crippen LogP contribution in [0.4, 0.5) is 0 Å². The van der Waals surface area contributed by atoms with E-state index in [1.165, 1.54) is 6.92 Å². The molecule has 0 amide bonds. The van der Waals surface area contributed by atoms with Crippen LogP contribution in [0, 0.1) is 5.92 Å². The van der Waals surface area contributed by atoms with Gasteiger partial charge in [-0.1, -0.05) is 20.3 Å². The second kappa shape index (κ2) is 6.37. The molecule has 14 heavy (non-hydrogen) atoms. The molecule has 0 unspecified atom stereocenters. The summed E-state index contributed by atoms with van der Waals surface area (Å²) in [7, 11) is 0. The van der Waals surface area contributed by atoms with Crippen molar-refractivity contribution in [1.82, 2.24) is 0 Å². The number of hydrogen-bond donors (Lipinski definition) is 1. The van der Waals surface area contributed by atoms with Gasteiger partial charge in [0, 0.05) is 6.92 Å². The first-order valence-electron chi connectivity index (χ1n) is 4.58. The number of hydrogen-bond acceptors (Lipinski definition) is 5. The Hall–Kier alpha value is -1.10. The van der Waals surface area contributed by atoms with E-state index >= 15 is 0 Å². The van der Waals surface area contributed by atoms with Gasteiger partial charge < -0.3 is 15.2 Å². The van der Waals surface area contributed by atoms with Crippen LogP contribution in [0.5, 0.6) is 0 Å². The fraction of sp³-hybridized carbons (Fsp3) is 0.778. The van der Waals surface area contributed by atoms with Gasteiger partial charge in [-0.3, -0.25) is 9.59 Å². The third-order valence-corrected chi connectivity index (χ3v) is 2.06. The van der Waals surface area contributed by atoms with Crippen LogP contribution in [0.15, 0.2) is 0 Å². The fourth-order valence-corrected chi connectivity index (χ4v) is 0.834. The summed E-state index contributed by atoms with van der Waals surface area (Å²) in [5, 5.41) is 0. The summed E-state index contributed by atoms with van der Waals surface area (Å²) in [6.45, 7) is 5.47. The molecule has 0 saturated heterocycles. The molecule has 2 N–H and O–H groups in total. The molecule has 0 aliphatic heterocycles. The van der Waals surface area contributed by atoms with Crippen LogP contribution in [0.3, 0.4) is 0 Å². The number of ether oxygens (including phenoxy) is 2. The third-order valence-electron chi connectivity index (χ3n) is 2.06. The number of rotatable bonds is 6. The van der Waals surface area contributed by atoms with Gasteiger partial charge in [0.15, 0.2) is 0 Å². The van der Waals surface area contributed by atoms with Crippen molar-refractivity contribution in [3.63, 3.8) is 0 Å². The maximum Gasteiger partial charge on any atom is 0.326 e. The summed E-state index contributed by atoms with van der Waals surface area (Å²) in [6.07, 6.45) is -0.0887. The summed E-state index contributed by atoms with van der Waals surface area (Å²) in [5.41, 5.74) is 5.60. The standard InChI is InChI=1S/C9H17NO4/c1-4-6(2)8(10)9(12)14-7(3)13-5-11/h5-8H,4,10H2,1-3H3/t6-,7-,8-/m0/s1. The Balaban J connectivity index is 4.00. The Morgan fingerprint density at radius 1 is 1.50 bits per heavy atom. The van der Waals surface area contributed by atoms with Crippen LogP contribution >= 0.6 is 0 Å². The Bertz CT molecular complexity index is 195. The monoisotopic (exact) mass is 203 g/mol. The lowest BCUT2D eigenvalue weighted by molar-refractivity contribution is -0.178. The maximum atomic E-state index is 11.3. The van der Waals surface area contributed by atoms with Crippen LogP contribution in [0.25, 0.3) is 0 Å². The van der Waals surface area contributed by atoms with Gasteiger partial charge in [0.2, 0.25) is 6.29 Å². The maximum absolute atomic E-state index is 11.3. The molecular weight excluding hydrogens is 186 g/mol. The quantitative estimate of drug-likeness (QED) is 0.384.